The van der Waals surface area contributed by atoms with Gasteiger partial charge in [0.05, 0.1) is 10.0 Å². The molecular formula is C16H23BrN2O. The van der Waals surface area contributed by atoms with Crippen LogP contribution in [0.1, 0.15) is 55.8 Å². The molecule has 2 rings (SSSR count). The van der Waals surface area contributed by atoms with Crippen molar-refractivity contribution in [3.05, 3.63) is 28.2 Å². The van der Waals surface area contributed by atoms with Crippen molar-refractivity contribution in [1.29, 1.82) is 0 Å². The maximum atomic E-state index is 12.4. The van der Waals surface area contributed by atoms with Crippen molar-refractivity contribution in [2.45, 2.75) is 51.5 Å². The number of carbonyl (C=O) groups excluding carboxylic acids is 1. The third-order valence-electron chi connectivity index (χ3n) is 4.25. The first-order chi connectivity index (χ1) is 9.63. The molecule has 0 aromatic heterocycles. The number of rotatable bonds is 4. The zero-order valence-electron chi connectivity index (χ0n) is 12.0. The molecule has 1 aliphatic rings. The van der Waals surface area contributed by atoms with E-state index in [0.29, 0.717) is 21.6 Å². The van der Waals surface area contributed by atoms with Gasteiger partial charge in [0.15, 0.2) is 0 Å². The number of nitrogens with two attached hydrogens (primary N) is 1. The van der Waals surface area contributed by atoms with Gasteiger partial charge in [-0.1, -0.05) is 32.3 Å². The molecule has 1 amide bonds. The highest BCUT2D eigenvalue weighted by molar-refractivity contribution is 9.10. The van der Waals surface area contributed by atoms with Crippen LogP contribution in [-0.2, 0) is 0 Å². The van der Waals surface area contributed by atoms with E-state index in [1.165, 1.54) is 32.1 Å². The van der Waals surface area contributed by atoms with E-state index in [0.717, 1.165) is 6.42 Å². The zero-order chi connectivity index (χ0) is 14.5. The molecule has 1 atom stereocenters. The predicted octanol–water partition coefficient (Wildman–Crippen LogP) is 4.12. The maximum absolute atomic E-state index is 12.4. The number of anilines is 1. The molecule has 0 heterocycles. The van der Waals surface area contributed by atoms with Gasteiger partial charge in [-0.2, -0.15) is 0 Å². The maximum Gasteiger partial charge on any atom is 0.252 e. The minimum Gasteiger partial charge on any atom is -0.398 e. The van der Waals surface area contributed by atoms with Gasteiger partial charge < -0.3 is 11.1 Å². The van der Waals surface area contributed by atoms with Crippen LogP contribution in [0.2, 0.25) is 0 Å². The van der Waals surface area contributed by atoms with E-state index >= 15 is 0 Å². The van der Waals surface area contributed by atoms with Gasteiger partial charge in [0.1, 0.15) is 0 Å². The molecule has 1 aromatic carbocycles. The molecular weight excluding hydrogens is 316 g/mol. The predicted molar refractivity (Wildman–Crippen MR) is 86.7 cm³/mol. The van der Waals surface area contributed by atoms with Gasteiger partial charge in [-0.05, 0) is 53.2 Å². The fourth-order valence-electron chi connectivity index (χ4n) is 3.06. The van der Waals surface area contributed by atoms with E-state index < -0.39 is 0 Å². The van der Waals surface area contributed by atoms with E-state index in [9.17, 15) is 4.79 Å². The lowest BCUT2D eigenvalue weighted by Crippen LogP contribution is -2.40. The molecule has 1 saturated carbocycles. The van der Waals surface area contributed by atoms with Crippen LogP contribution in [0, 0.1) is 5.92 Å². The number of amides is 1. The minimum absolute atomic E-state index is 0.0263. The fourth-order valence-corrected chi connectivity index (χ4v) is 3.51. The minimum atomic E-state index is -0.0263. The third-order valence-corrected chi connectivity index (χ3v) is 5.13. The highest BCUT2D eigenvalue weighted by Crippen LogP contribution is 2.29. The number of nitrogen functional groups attached to an aromatic ring is 1. The van der Waals surface area contributed by atoms with Crippen LogP contribution >= 0.6 is 15.9 Å². The SMILES string of the molecule is CCC(NC(=O)c1cccc(N)c1Br)C1CCCCC1. The standard InChI is InChI=1S/C16H23BrN2O/c1-2-14(11-7-4-3-5-8-11)19-16(20)12-9-6-10-13(18)15(12)17/h6,9-11,14H,2-5,7-8,18H2,1H3,(H,19,20). The molecule has 3 nitrogen and oxygen atoms in total. The second kappa shape index (κ2) is 7.11. The number of halogens is 1. The van der Waals surface area contributed by atoms with E-state index in [2.05, 4.69) is 28.2 Å². The fraction of sp³-hybridized carbons (Fsp3) is 0.562. The van der Waals surface area contributed by atoms with Crippen molar-refractivity contribution in [1.82, 2.24) is 5.32 Å². The van der Waals surface area contributed by atoms with E-state index in [-0.39, 0.29) is 11.9 Å². The Kier molecular flexibility index (Phi) is 5.46. The van der Waals surface area contributed by atoms with Gasteiger partial charge >= 0.3 is 0 Å². The van der Waals surface area contributed by atoms with Crippen molar-refractivity contribution in [3.63, 3.8) is 0 Å². The Hall–Kier alpha value is -1.03. The van der Waals surface area contributed by atoms with Crippen molar-refractivity contribution in [2.75, 3.05) is 5.73 Å². The smallest absolute Gasteiger partial charge is 0.252 e. The lowest BCUT2D eigenvalue weighted by atomic mass is 9.83. The number of benzene rings is 1. The monoisotopic (exact) mass is 338 g/mol. The molecule has 20 heavy (non-hydrogen) atoms. The second-order valence-electron chi connectivity index (χ2n) is 5.60. The Balaban J connectivity index is 2.06. The molecule has 3 N–H and O–H groups in total. The summed E-state index contributed by atoms with van der Waals surface area (Å²) in [5, 5.41) is 3.20. The van der Waals surface area contributed by atoms with Crippen LogP contribution in [0.3, 0.4) is 0 Å². The van der Waals surface area contributed by atoms with Crippen molar-refractivity contribution >= 4 is 27.5 Å². The molecule has 1 fully saturated rings. The van der Waals surface area contributed by atoms with Crippen LogP contribution in [0.15, 0.2) is 22.7 Å². The summed E-state index contributed by atoms with van der Waals surface area (Å²) in [7, 11) is 0. The van der Waals surface area contributed by atoms with Crippen LogP contribution in [0.4, 0.5) is 5.69 Å². The number of hydrogen-bond donors (Lipinski definition) is 2. The average Bonchev–Trinajstić information content (AvgIpc) is 2.48. The molecule has 0 spiro atoms. The second-order valence-corrected chi connectivity index (χ2v) is 6.39. The van der Waals surface area contributed by atoms with Crippen molar-refractivity contribution in [2.24, 2.45) is 5.92 Å². The van der Waals surface area contributed by atoms with Crippen LogP contribution in [-0.4, -0.2) is 11.9 Å². The summed E-state index contributed by atoms with van der Waals surface area (Å²) >= 11 is 3.40. The molecule has 1 aliphatic carbocycles. The highest BCUT2D eigenvalue weighted by atomic mass is 79.9. The summed E-state index contributed by atoms with van der Waals surface area (Å²) in [6.45, 7) is 2.15. The highest BCUT2D eigenvalue weighted by Gasteiger charge is 2.24. The topological polar surface area (TPSA) is 55.1 Å². The molecule has 0 bridgehead atoms. The Bertz CT molecular complexity index is 470. The summed E-state index contributed by atoms with van der Waals surface area (Å²) in [6.07, 6.45) is 7.36. The Labute approximate surface area is 129 Å². The lowest BCUT2D eigenvalue weighted by Gasteiger charge is -2.30. The molecule has 0 radical (unpaired) electrons. The Morgan fingerprint density at radius 3 is 2.75 bits per heavy atom. The van der Waals surface area contributed by atoms with Gasteiger partial charge in [0.2, 0.25) is 0 Å². The van der Waals surface area contributed by atoms with E-state index in [4.69, 9.17) is 5.73 Å². The van der Waals surface area contributed by atoms with Gasteiger partial charge in [0, 0.05) is 11.7 Å². The van der Waals surface area contributed by atoms with Gasteiger partial charge in [-0.15, -0.1) is 0 Å². The first-order valence-corrected chi connectivity index (χ1v) is 8.27. The van der Waals surface area contributed by atoms with Crippen molar-refractivity contribution < 1.29 is 4.79 Å². The first kappa shape index (κ1) is 15.4. The van der Waals surface area contributed by atoms with E-state index in [1.54, 1.807) is 6.07 Å². The third kappa shape index (κ3) is 3.54. The molecule has 1 aromatic rings. The van der Waals surface area contributed by atoms with Gasteiger partial charge in [0.25, 0.3) is 5.91 Å². The molecule has 0 saturated heterocycles. The molecule has 110 valence electrons. The average molecular weight is 339 g/mol. The summed E-state index contributed by atoms with van der Waals surface area (Å²) < 4.78 is 0.691. The molecule has 1 unspecified atom stereocenters. The first-order valence-electron chi connectivity index (χ1n) is 7.48. The summed E-state index contributed by atoms with van der Waals surface area (Å²) in [5.74, 6) is 0.596. The normalized spacial score (nSPS) is 17.7. The van der Waals surface area contributed by atoms with E-state index in [1.807, 2.05) is 12.1 Å². The largest absolute Gasteiger partial charge is 0.398 e. The summed E-state index contributed by atoms with van der Waals surface area (Å²) in [4.78, 5) is 12.4. The summed E-state index contributed by atoms with van der Waals surface area (Å²) in [6, 6.07) is 5.69. The van der Waals surface area contributed by atoms with Crippen LogP contribution in [0.5, 0.6) is 0 Å². The number of carbonyl (C=O) groups is 1. The molecule has 4 heteroatoms. The Morgan fingerprint density at radius 1 is 1.40 bits per heavy atom. The zero-order valence-corrected chi connectivity index (χ0v) is 13.6. The molecule has 0 aliphatic heterocycles. The lowest BCUT2D eigenvalue weighted by molar-refractivity contribution is 0.0910. The number of nitrogens with one attached hydrogen (secondary N) is 1. The van der Waals surface area contributed by atoms with Crippen molar-refractivity contribution in [3.8, 4) is 0 Å². The van der Waals surface area contributed by atoms with Gasteiger partial charge in [-0.3, -0.25) is 4.79 Å². The number of hydrogen-bond acceptors (Lipinski definition) is 2. The Morgan fingerprint density at radius 2 is 2.10 bits per heavy atom. The summed E-state index contributed by atoms with van der Waals surface area (Å²) in [5.41, 5.74) is 7.06. The quantitative estimate of drug-likeness (QED) is 0.811. The van der Waals surface area contributed by atoms with Crippen LogP contribution < -0.4 is 11.1 Å². The van der Waals surface area contributed by atoms with Gasteiger partial charge in [-0.25, -0.2) is 0 Å². The van der Waals surface area contributed by atoms with Crippen LogP contribution in [0.25, 0.3) is 0 Å².